The van der Waals surface area contributed by atoms with Gasteiger partial charge in [-0.15, -0.1) is 0 Å². The number of benzene rings is 1. The molecule has 0 aromatic heterocycles. The van der Waals surface area contributed by atoms with Gasteiger partial charge in [-0.05, 0) is 23.6 Å². The number of carbonyl (C=O) groups excluding carboxylic acids is 1. The van der Waals surface area contributed by atoms with E-state index in [1.807, 2.05) is 24.3 Å². The van der Waals surface area contributed by atoms with E-state index in [-0.39, 0.29) is 11.4 Å². The highest BCUT2D eigenvalue weighted by Crippen LogP contribution is 2.40. The molecule has 1 aromatic carbocycles. The van der Waals surface area contributed by atoms with Crippen molar-refractivity contribution in [3.63, 3.8) is 0 Å². The number of rotatable bonds is 3. The number of esters is 1. The fourth-order valence-electron chi connectivity index (χ4n) is 2.38. The van der Waals surface area contributed by atoms with Crippen LogP contribution in [0.1, 0.15) is 25.8 Å². The van der Waals surface area contributed by atoms with E-state index in [4.69, 9.17) is 9.47 Å². The smallest absolute Gasteiger partial charge is 0.306 e. The van der Waals surface area contributed by atoms with E-state index in [1.165, 1.54) is 0 Å². The van der Waals surface area contributed by atoms with Crippen molar-refractivity contribution in [1.82, 2.24) is 0 Å². The van der Waals surface area contributed by atoms with Crippen LogP contribution in [0.3, 0.4) is 0 Å². The summed E-state index contributed by atoms with van der Waals surface area (Å²) in [5, 5.41) is 0. The molecule has 1 aliphatic heterocycles. The predicted molar refractivity (Wildman–Crippen MR) is 65.1 cm³/mol. The molecule has 3 heteroatoms. The molecule has 92 valence electrons. The van der Waals surface area contributed by atoms with Gasteiger partial charge in [-0.2, -0.15) is 0 Å². The summed E-state index contributed by atoms with van der Waals surface area (Å²) in [7, 11) is 1.65. The van der Waals surface area contributed by atoms with Crippen molar-refractivity contribution in [3.05, 3.63) is 29.8 Å². The maximum atomic E-state index is 11.4. The average molecular weight is 234 g/mol. The minimum Gasteiger partial charge on any atom is -0.497 e. The summed E-state index contributed by atoms with van der Waals surface area (Å²) in [6.45, 7) is 4.74. The lowest BCUT2D eigenvalue weighted by atomic mass is 9.71. The van der Waals surface area contributed by atoms with Crippen LogP contribution in [0.5, 0.6) is 5.75 Å². The second kappa shape index (κ2) is 4.40. The standard InChI is InChI=1S/C14H18O3/c1-10(2)14(8-13(15)17-9-14)11-4-6-12(16-3)7-5-11/h4-7,10H,8-9H2,1-3H3/t14-/m1/s1. The molecule has 3 nitrogen and oxygen atoms in total. The summed E-state index contributed by atoms with van der Waals surface area (Å²) in [5.74, 6) is 1.09. The van der Waals surface area contributed by atoms with Crippen molar-refractivity contribution >= 4 is 5.97 Å². The summed E-state index contributed by atoms with van der Waals surface area (Å²) in [6.07, 6.45) is 0.469. The molecule has 0 saturated carbocycles. The minimum absolute atomic E-state index is 0.102. The van der Waals surface area contributed by atoms with E-state index in [0.29, 0.717) is 18.9 Å². The minimum atomic E-state index is -0.177. The third-order valence-corrected chi connectivity index (χ3v) is 3.72. The Labute approximate surface area is 102 Å². The molecule has 0 spiro atoms. The number of carbonyl (C=O) groups is 1. The van der Waals surface area contributed by atoms with Crippen LogP contribution < -0.4 is 4.74 Å². The Morgan fingerprint density at radius 3 is 2.35 bits per heavy atom. The van der Waals surface area contributed by atoms with Gasteiger partial charge in [-0.1, -0.05) is 26.0 Å². The van der Waals surface area contributed by atoms with Crippen molar-refractivity contribution in [3.8, 4) is 5.75 Å². The van der Waals surface area contributed by atoms with Gasteiger partial charge in [0.25, 0.3) is 0 Å². The fraction of sp³-hybridized carbons (Fsp3) is 0.500. The Kier molecular flexibility index (Phi) is 3.09. The quantitative estimate of drug-likeness (QED) is 0.754. The van der Waals surface area contributed by atoms with Crippen LogP contribution in [0.4, 0.5) is 0 Å². The van der Waals surface area contributed by atoms with Crippen molar-refractivity contribution < 1.29 is 14.3 Å². The number of methoxy groups -OCH3 is 1. The molecule has 1 aliphatic rings. The topological polar surface area (TPSA) is 35.5 Å². The molecule has 17 heavy (non-hydrogen) atoms. The molecule has 0 unspecified atom stereocenters. The second-order valence-electron chi connectivity index (χ2n) is 4.88. The number of cyclic esters (lactones) is 1. The highest BCUT2D eigenvalue weighted by atomic mass is 16.5. The molecular weight excluding hydrogens is 216 g/mol. The highest BCUT2D eigenvalue weighted by molar-refractivity contribution is 5.74. The zero-order valence-corrected chi connectivity index (χ0v) is 10.5. The summed E-state index contributed by atoms with van der Waals surface area (Å²) in [5.41, 5.74) is 0.975. The van der Waals surface area contributed by atoms with Crippen molar-refractivity contribution in [2.75, 3.05) is 13.7 Å². The van der Waals surface area contributed by atoms with Gasteiger partial charge in [0.1, 0.15) is 12.4 Å². The largest absolute Gasteiger partial charge is 0.497 e. The average Bonchev–Trinajstić information content (AvgIpc) is 2.73. The molecular formula is C14H18O3. The summed E-state index contributed by atoms with van der Waals surface area (Å²) < 4.78 is 10.3. The Balaban J connectivity index is 2.36. The van der Waals surface area contributed by atoms with Crippen LogP contribution in [0.15, 0.2) is 24.3 Å². The Morgan fingerprint density at radius 1 is 1.29 bits per heavy atom. The Morgan fingerprint density at radius 2 is 1.94 bits per heavy atom. The van der Waals surface area contributed by atoms with Crippen LogP contribution in [0.25, 0.3) is 0 Å². The van der Waals surface area contributed by atoms with E-state index >= 15 is 0 Å². The van der Waals surface area contributed by atoms with Gasteiger partial charge in [-0.3, -0.25) is 4.79 Å². The molecule has 0 radical (unpaired) electrons. The lowest BCUT2D eigenvalue weighted by molar-refractivity contribution is -0.137. The predicted octanol–water partition coefficient (Wildman–Crippen LogP) is 2.54. The van der Waals surface area contributed by atoms with E-state index in [2.05, 4.69) is 13.8 Å². The maximum absolute atomic E-state index is 11.4. The van der Waals surface area contributed by atoms with Gasteiger partial charge >= 0.3 is 5.97 Å². The zero-order valence-electron chi connectivity index (χ0n) is 10.5. The van der Waals surface area contributed by atoms with Crippen molar-refractivity contribution in [1.29, 1.82) is 0 Å². The monoisotopic (exact) mass is 234 g/mol. The first kappa shape index (κ1) is 12.0. The first-order valence-corrected chi connectivity index (χ1v) is 5.88. The van der Waals surface area contributed by atoms with E-state index < -0.39 is 0 Å². The first-order valence-electron chi connectivity index (χ1n) is 5.88. The summed E-state index contributed by atoms with van der Waals surface area (Å²) in [6, 6.07) is 7.92. The SMILES string of the molecule is COc1ccc([C@@]2(C(C)C)COC(=O)C2)cc1. The molecule has 1 aromatic rings. The molecule has 1 fully saturated rings. The first-order chi connectivity index (χ1) is 8.08. The molecule has 1 saturated heterocycles. The molecule has 0 bridgehead atoms. The lowest BCUT2D eigenvalue weighted by Gasteiger charge is -2.31. The van der Waals surface area contributed by atoms with Crippen LogP contribution in [-0.2, 0) is 14.9 Å². The van der Waals surface area contributed by atoms with Crippen LogP contribution in [-0.4, -0.2) is 19.7 Å². The molecule has 0 N–H and O–H groups in total. The molecule has 1 atom stereocenters. The lowest BCUT2D eigenvalue weighted by Crippen LogP contribution is -2.32. The van der Waals surface area contributed by atoms with Crippen LogP contribution in [0.2, 0.25) is 0 Å². The van der Waals surface area contributed by atoms with Crippen LogP contribution >= 0.6 is 0 Å². The van der Waals surface area contributed by atoms with Gasteiger partial charge in [0.15, 0.2) is 0 Å². The highest BCUT2D eigenvalue weighted by Gasteiger charge is 2.44. The van der Waals surface area contributed by atoms with Gasteiger partial charge in [0.05, 0.1) is 13.5 Å². The molecule has 0 aliphatic carbocycles. The summed E-state index contributed by atoms with van der Waals surface area (Å²) in [4.78, 5) is 11.4. The third-order valence-electron chi connectivity index (χ3n) is 3.72. The van der Waals surface area contributed by atoms with Gasteiger partial charge in [0.2, 0.25) is 0 Å². The Bertz CT molecular complexity index is 408. The van der Waals surface area contributed by atoms with E-state index in [0.717, 1.165) is 11.3 Å². The van der Waals surface area contributed by atoms with E-state index in [9.17, 15) is 4.79 Å². The third kappa shape index (κ3) is 2.02. The van der Waals surface area contributed by atoms with Gasteiger partial charge in [-0.25, -0.2) is 0 Å². The van der Waals surface area contributed by atoms with Crippen molar-refractivity contribution in [2.45, 2.75) is 25.7 Å². The zero-order chi connectivity index (χ0) is 12.5. The number of hydrogen-bond acceptors (Lipinski definition) is 3. The van der Waals surface area contributed by atoms with Gasteiger partial charge < -0.3 is 9.47 Å². The molecule has 0 amide bonds. The number of hydrogen-bond donors (Lipinski definition) is 0. The summed E-state index contributed by atoms with van der Waals surface area (Å²) >= 11 is 0. The normalized spacial score (nSPS) is 23.9. The molecule has 2 rings (SSSR count). The van der Waals surface area contributed by atoms with E-state index in [1.54, 1.807) is 7.11 Å². The van der Waals surface area contributed by atoms with Gasteiger partial charge in [0, 0.05) is 5.41 Å². The molecule has 1 heterocycles. The van der Waals surface area contributed by atoms with Crippen molar-refractivity contribution in [2.24, 2.45) is 5.92 Å². The second-order valence-corrected chi connectivity index (χ2v) is 4.88. The maximum Gasteiger partial charge on any atom is 0.306 e. The van der Waals surface area contributed by atoms with Crippen LogP contribution in [0, 0.1) is 5.92 Å². The number of ether oxygens (including phenoxy) is 2. The fourth-order valence-corrected chi connectivity index (χ4v) is 2.38. The Hall–Kier alpha value is -1.51.